The molecule has 0 aliphatic carbocycles. The van der Waals surface area contributed by atoms with Gasteiger partial charge in [0.15, 0.2) is 0 Å². The molecule has 1 fully saturated rings. The van der Waals surface area contributed by atoms with Crippen LogP contribution in [-0.2, 0) is 9.59 Å². The summed E-state index contributed by atoms with van der Waals surface area (Å²) < 4.78 is 0. The van der Waals surface area contributed by atoms with E-state index in [4.69, 9.17) is 23.2 Å². The van der Waals surface area contributed by atoms with Gasteiger partial charge in [-0.15, -0.1) is 11.8 Å². The van der Waals surface area contributed by atoms with Crippen LogP contribution in [0.5, 0.6) is 0 Å². The smallest absolute Gasteiger partial charge is 0.249 e. The number of thioether (sulfide) groups is 1. The lowest BCUT2D eigenvalue weighted by Crippen LogP contribution is -2.41. The van der Waals surface area contributed by atoms with Gasteiger partial charge in [0.1, 0.15) is 6.04 Å². The summed E-state index contributed by atoms with van der Waals surface area (Å²) in [6.45, 7) is 0.544. The highest BCUT2D eigenvalue weighted by molar-refractivity contribution is 7.99. The van der Waals surface area contributed by atoms with E-state index < -0.39 is 6.04 Å². The maximum atomic E-state index is 12.6. The van der Waals surface area contributed by atoms with Gasteiger partial charge in [0.2, 0.25) is 11.8 Å². The molecule has 1 heterocycles. The van der Waals surface area contributed by atoms with Gasteiger partial charge >= 0.3 is 0 Å². The minimum Gasteiger partial charge on any atom is -0.344 e. The summed E-state index contributed by atoms with van der Waals surface area (Å²) in [4.78, 5) is 27.3. The molecule has 0 radical (unpaired) electrons. The summed E-state index contributed by atoms with van der Waals surface area (Å²) in [6.07, 6.45) is 0.902. The third-order valence-electron chi connectivity index (χ3n) is 4.11. The molecule has 1 aliphatic rings. The zero-order valence-corrected chi connectivity index (χ0v) is 16.3. The number of para-hydroxylation sites is 1. The Labute approximate surface area is 166 Å². The lowest BCUT2D eigenvalue weighted by Gasteiger charge is -2.18. The standard InChI is InChI=1S/C19H18Cl2N2O2S/c20-13-5-1-3-7-16(13)23-11-9-15(19(23)25)22-18(24)10-12-26-17-8-4-2-6-14(17)21/h1-8,15H,9-12H2,(H,22,24). The minimum absolute atomic E-state index is 0.120. The summed E-state index contributed by atoms with van der Waals surface area (Å²) in [7, 11) is 0. The highest BCUT2D eigenvalue weighted by atomic mass is 35.5. The number of halogens is 2. The predicted molar refractivity (Wildman–Crippen MR) is 107 cm³/mol. The lowest BCUT2D eigenvalue weighted by atomic mass is 10.2. The Hall–Kier alpha value is -1.69. The number of nitrogens with one attached hydrogen (secondary N) is 1. The van der Waals surface area contributed by atoms with Crippen molar-refractivity contribution in [3.63, 3.8) is 0 Å². The number of nitrogens with zero attached hydrogens (tertiary/aromatic N) is 1. The molecule has 1 unspecified atom stereocenters. The van der Waals surface area contributed by atoms with Crippen LogP contribution < -0.4 is 10.2 Å². The number of carbonyl (C=O) groups excluding carboxylic acids is 2. The van der Waals surface area contributed by atoms with Crippen molar-refractivity contribution in [1.29, 1.82) is 0 Å². The average Bonchev–Trinajstić information content (AvgIpc) is 2.97. The van der Waals surface area contributed by atoms with E-state index in [0.29, 0.717) is 40.9 Å². The van der Waals surface area contributed by atoms with Gasteiger partial charge in [0.05, 0.1) is 15.7 Å². The molecule has 136 valence electrons. The number of hydrogen-bond donors (Lipinski definition) is 1. The van der Waals surface area contributed by atoms with Crippen molar-refractivity contribution >= 4 is 52.5 Å². The van der Waals surface area contributed by atoms with Crippen LogP contribution >= 0.6 is 35.0 Å². The second-order valence-electron chi connectivity index (χ2n) is 5.88. The third-order valence-corrected chi connectivity index (χ3v) is 5.94. The quantitative estimate of drug-likeness (QED) is 0.720. The molecule has 2 aromatic carbocycles. The maximum Gasteiger partial charge on any atom is 0.249 e. The molecule has 4 nitrogen and oxygen atoms in total. The zero-order valence-electron chi connectivity index (χ0n) is 14.0. The fourth-order valence-electron chi connectivity index (χ4n) is 2.81. The second-order valence-corrected chi connectivity index (χ2v) is 7.83. The largest absolute Gasteiger partial charge is 0.344 e. The molecule has 3 rings (SSSR count). The number of carbonyl (C=O) groups is 2. The number of amides is 2. The Bertz CT molecular complexity index is 816. The summed E-state index contributed by atoms with van der Waals surface area (Å²) in [5, 5.41) is 4.04. The minimum atomic E-state index is -0.496. The predicted octanol–water partition coefficient (Wildman–Crippen LogP) is 4.40. The van der Waals surface area contributed by atoms with Gasteiger partial charge in [-0.3, -0.25) is 9.59 Å². The van der Waals surface area contributed by atoms with Crippen LogP contribution in [0.4, 0.5) is 5.69 Å². The SMILES string of the molecule is O=C(CCSc1ccccc1Cl)NC1CCN(c2ccccc2Cl)C1=O. The first-order valence-electron chi connectivity index (χ1n) is 8.29. The van der Waals surface area contributed by atoms with Crippen LogP contribution in [0, 0.1) is 0 Å². The van der Waals surface area contributed by atoms with Crippen molar-refractivity contribution in [2.45, 2.75) is 23.8 Å². The van der Waals surface area contributed by atoms with Crippen molar-refractivity contribution < 1.29 is 9.59 Å². The molecule has 26 heavy (non-hydrogen) atoms. The fraction of sp³-hybridized carbons (Fsp3) is 0.263. The van der Waals surface area contributed by atoms with E-state index >= 15 is 0 Å². The first-order valence-corrected chi connectivity index (χ1v) is 10.0. The van der Waals surface area contributed by atoms with Crippen molar-refractivity contribution in [1.82, 2.24) is 5.32 Å². The first-order chi connectivity index (χ1) is 12.6. The second kappa shape index (κ2) is 8.80. The molecule has 0 aromatic heterocycles. The molecule has 1 saturated heterocycles. The third kappa shape index (κ3) is 4.53. The average molecular weight is 409 g/mol. The van der Waals surface area contributed by atoms with E-state index in [1.807, 2.05) is 42.5 Å². The molecule has 2 aromatic rings. The van der Waals surface area contributed by atoms with Crippen molar-refractivity contribution in [2.24, 2.45) is 0 Å². The molecule has 1 aliphatic heterocycles. The van der Waals surface area contributed by atoms with Crippen LogP contribution in [0.2, 0.25) is 10.0 Å². The summed E-state index contributed by atoms with van der Waals surface area (Å²) >= 11 is 13.8. The maximum absolute atomic E-state index is 12.6. The molecular weight excluding hydrogens is 391 g/mol. The summed E-state index contributed by atoms with van der Waals surface area (Å²) in [5.74, 6) is 0.346. The van der Waals surface area contributed by atoms with Crippen LogP contribution in [0.1, 0.15) is 12.8 Å². The van der Waals surface area contributed by atoms with Gasteiger partial charge in [0.25, 0.3) is 0 Å². The molecular formula is C19H18Cl2N2O2S. The van der Waals surface area contributed by atoms with E-state index in [9.17, 15) is 9.59 Å². The van der Waals surface area contributed by atoms with E-state index in [2.05, 4.69) is 5.32 Å². The first kappa shape index (κ1) is 19.1. The van der Waals surface area contributed by atoms with Crippen molar-refractivity contribution in [3.8, 4) is 0 Å². The molecule has 0 bridgehead atoms. The highest BCUT2D eigenvalue weighted by Crippen LogP contribution is 2.29. The number of anilines is 1. The van der Waals surface area contributed by atoms with E-state index in [1.54, 1.807) is 11.0 Å². The van der Waals surface area contributed by atoms with Crippen LogP contribution in [-0.4, -0.2) is 30.2 Å². The molecule has 2 amide bonds. The van der Waals surface area contributed by atoms with Crippen molar-refractivity contribution in [2.75, 3.05) is 17.2 Å². The lowest BCUT2D eigenvalue weighted by molar-refractivity contribution is -0.126. The highest BCUT2D eigenvalue weighted by Gasteiger charge is 2.34. The van der Waals surface area contributed by atoms with Gasteiger partial charge in [-0.1, -0.05) is 47.5 Å². The van der Waals surface area contributed by atoms with Crippen molar-refractivity contribution in [3.05, 3.63) is 58.6 Å². The summed E-state index contributed by atoms with van der Waals surface area (Å²) in [6, 6.07) is 14.3. The topological polar surface area (TPSA) is 49.4 Å². The van der Waals surface area contributed by atoms with Gasteiger partial charge in [-0.25, -0.2) is 0 Å². The van der Waals surface area contributed by atoms with Gasteiger partial charge in [0, 0.05) is 23.6 Å². The molecule has 1 atom stereocenters. The normalized spacial score (nSPS) is 16.8. The van der Waals surface area contributed by atoms with Gasteiger partial charge < -0.3 is 10.2 Å². The van der Waals surface area contributed by atoms with Crippen LogP contribution in [0.15, 0.2) is 53.4 Å². The van der Waals surface area contributed by atoms with E-state index in [1.165, 1.54) is 11.8 Å². The number of rotatable bonds is 6. The Balaban J connectivity index is 1.50. The fourth-order valence-corrected chi connectivity index (χ4v) is 4.23. The number of benzene rings is 2. The zero-order chi connectivity index (χ0) is 18.5. The Morgan fingerprint density at radius 2 is 1.81 bits per heavy atom. The van der Waals surface area contributed by atoms with E-state index in [-0.39, 0.29) is 11.8 Å². The summed E-state index contributed by atoms with van der Waals surface area (Å²) in [5.41, 5.74) is 0.685. The van der Waals surface area contributed by atoms with Crippen LogP contribution in [0.3, 0.4) is 0 Å². The van der Waals surface area contributed by atoms with Crippen LogP contribution in [0.25, 0.3) is 0 Å². The Morgan fingerprint density at radius 3 is 2.54 bits per heavy atom. The van der Waals surface area contributed by atoms with Gasteiger partial charge in [-0.05, 0) is 30.7 Å². The van der Waals surface area contributed by atoms with E-state index in [0.717, 1.165) is 4.90 Å². The molecule has 0 spiro atoms. The Kier molecular flexibility index (Phi) is 6.46. The molecule has 0 saturated carbocycles. The molecule has 7 heteroatoms. The monoisotopic (exact) mass is 408 g/mol. The molecule has 1 N–H and O–H groups in total. The number of hydrogen-bond acceptors (Lipinski definition) is 3. The van der Waals surface area contributed by atoms with Gasteiger partial charge in [-0.2, -0.15) is 0 Å². The Morgan fingerprint density at radius 1 is 1.12 bits per heavy atom.